The van der Waals surface area contributed by atoms with Crippen LogP contribution in [0.1, 0.15) is 56.7 Å². The van der Waals surface area contributed by atoms with Crippen LogP contribution in [0.2, 0.25) is 0 Å². The third-order valence-electron chi connectivity index (χ3n) is 6.31. The lowest BCUT2D eigenvalue weighted by atomic mass is 9.99. The summed E-state index contributed by atoms with van der Waals surface area (Å²) < 4.78 is 21.3. The first kappa shape index (κ1) is 24.9. The highest BCUT2D eigenvalue weighted by atomic mass is 32.2. The van der Waals surface area contributed by atoms with Gasteiger partial charge in [-0.2, -0.15) is 0 Å². The molecule has 0 heterocycles. The van der Waals surface area contributed by atoms with Crippen molar-refractivity contribution >= 4 is 33.8 Å². The Morgan fingerprint density at radius 1 is 0.971 bits per heavy atom. The lowest BCUT2D eigenvalue weighted by Crippen LogP contribution is -2.49. The summed E-state index contributed by atoms with van der Waals surface area (Å²) in [6, 6.07) is 19.7. The van der Waals surface area contributed by atoms with E-state index in [-0.39, 0.29) is 12.1 Å². The largest absolute Gasteiger partial charge is 0.447 e. The molecule has 3 aromatic carbocycles. The van der Waals surface area contributed by atoms with Crippen LogP contribution in [0.4, 0.5) is 4.79 Å². The number of amides is 2. The maximum atomic E-state index is 13.8. The monoisotopic (exact) mass is 492 g/mol. The quantitative estimate of drug-likeness (QED) is 0.451. The Hall–Kier alpha value is -3.19. The number of hydrogen-bond acceptors (Lipinski definition) is 4. The molecule has 1 fully saturated rings. The first-order chi connectivity index (χ1) is 16.8. The molecule has 184 valence electrons. The van der Waals surface area contributed by atoms with Crippen molar-refractivity contribution < 1.29 is 18.5 Å². The molecule has 0 bridgehead atoms. The molecule has 1 aliphatic rings. The fourth-order valence-electron chi connectivity index (χ4n) is 4.59. The van der Waals surface area contributed by atoms with Crippen LogP contribution in [-0.2, 0) is 20.5 Å². The molecule has 3 aromatic rings. The van der Waals surface area contributed by atoms with Crippen molar-refractivity contribution in [3.63, 3.8) is 0 Å². The Morgan fingerprint density at radius 3 is 2.29 bits per heavy atom. The number of carbonyl (C=O) groups excluding carboxylic acids is 2. The van der Waals surface area contributed by atoms with Gasteiger partial charge in [0.25, 0.3) is 5.91 Å². The first-order valence-corrected chi connectivity index (χ1v) is 13.2. The molecule has 0 spiro atoms. The second-order valence-corrected chi connectivity index (χ2v) is 10.5. The summed E-state index contributed by atoms with van der Waals surface area (Å²) in [7, 11) is -1.76. The smallest absolute Gasteiger partial charge is 0.411 e. The van der Waals surface area contributed by atoms with Crippen LogP contribution < -0.4 is 4.72 Å². The minimum Gasteiger partial charge on any atom is -0.447 e. The van der Waals surface area contributed by atoms with Crippen LogP contribution in [0.25, 0.3) is 10.8 Å². The molecule has 0 aliphatic heterocycles. The van der Waals surface area contributed by atoms with Gasteiger partial charge in [-0.1, -0.05) is 66.9 Å². The highest BCUT2D eigenvalue weighted by Crippen LogP contribution is 2.34. The minimum atomic E-state index is -1.76. The molecule has 1 N–H and O–H groups in total. The van der Waals surface area contributed by atoms with E-state index in [0.717, 1.165) is 42.0 Å². The first-order valence-electron chi connectivity index (χ1n) is 12.1. The van der Waals surface area contributed by atoms with Gasteiger partial charge in [-0.15, -0.1) is 0 Å². The van der Waals surface area contributed by atoms with E-state index in [1.165, 1.54) is 0 Å². The number of benzene rings is 3. The zero-order chi connectivity index (χ0) is 24.9. The Bertz CT molecular complexity index is 1220. The molecular weight excluding hydrogens is 460 g/mol. The van der Waals surface area contributed by atoms with Gasteiger partial charge in [0, 0.05) is 6.04 Å². The van der Waals surface area contributed by atoms with Crippen molar-refractivity contribution in [2.75, 3.05) is 0 Å². The van der Waals surface area contributed by atoms with Crippen molar-refractivity contribution in [3.8, 4) is 0 Å². The molecule has 6 nitrogen and oxygen atoms in total. The number of aryl methyl sites for hydroxylation is 1. The van der Waals surface area contributed by atoms with Crippen molar-refractivity contribution in [1.82, 2.24) is 9.62 Å². The fraction of sp³-hybridized carbons (Fsp3) is 0.357. The number of carbonyl (C=O) groups is 2. The van der Waals surface area contributed by atoms with E-state index in [1.807, 2.05) is 61.5 Å². The normalized spacial score (nSPS) is 15.7. The van der Waals surface area contributed by atoms with E-state index in [4.69, 9.17) is 4.74 Å². The number of hydrogen-bond donors (Lipinski definition) is 1. The summed E-state index contributed by atoms with van der Waals surface area (Å²) >= 11 is 0. The van der Waals surface area contributed by atoms with E-state index in [2.05, 4.69) is 4.72 Å². The average molecular weight is 493 g/mol. The molecule has 1 aliphatic carbocycles. The second-order valence-electron chi connectivity index (χ2n) is 9.34. The predicted molar refractivity (Wildman–Crippen MR) is 138 cm³/mol. The molecule has 35 heavy (non-hydrogen) atoms. The zero-order valence-electron chi connectivity index (χ0n) is 20.4. The summed E-state index contributed by atoms with van der Waals surface area (Å²) in [5.74, 6) is -0.494. The Kier molecular flexibility index (Phi) is 7.86. The molecule has 0 aromatic heterocycles. The third kappa shape index (κ3) is 5.90. The van der Waals surface area contributed by atoms with Gasteiger partial charge in [0.05, 0.1) is 11.0 Å². The second kappa shape index (κ2) is 11.0. The molecule has 2 amide bonds. The van der Waals surface area contributed by atoms with Crippen LogP contribution >= 0.6 is 0 Å². The summed E-state index contributed by atoms with van der Waals surface area (Å²) in [5.41, 5.74) is 1.70. The van der Waals surface area contributed by atoms with Gasteiger partial charge in [-0.25, -0.2) is 9.00 Å². The van der Waals surface area contributed by atoms with Gasteiger partial charge in [-0.3, -0.25) is 14.4 Å². The van der Waals surface area contributed by atoms with E-state index < -0.39 is 29.0 Å². The lowest BCUT2D eigenvalue weighted by molar-refractivity contribution is -0.125. The van der Waals surface area contributed by atoms with Crippen LogP contribution in [0, 0.1) is 6.92 Å². The van der Waals surface area contributed by atoms with Gasteiger partial charge in [0.1, 0.15) is 6.04 Å². The molecule has 0 saturated heterocycles. The fourth-order valence-corrected chi connectivity index (χ4v) is 5.39. The topological polar surface area (TPSA) is 75.7 Å². The van der Waals surface area contributed by atoms with Crippen LogP contribution in [0.3, 0.4) is 0 Å². The predicted octanol–water partition coefficient (Wildman–Crippen LogP) is 5.82. The van der Waals surface area contributed by atoms with Crippen molar-refractivity contribution in [1.29, 1.82) is 0 Å². The number of rotatable bonds is 7. The number of nitrogens with one attached hydrogen (secondary N) is 1. The number of ether oxygens (including phenoxy) is 1. The van der Waals surface area contributed by atoms with Gasteiger partial charge in [0.15, 0.2) is 11.0 Å². The van der Waals surface area contributed by atoms with Crippen LogP contribution in [0.5, 0.6) is 0 Å². The summed E-state index contributed by atoms with van der Waals surface area (Å²) in [4.78, 5) is 29.2. The average Bonchev–Trinajstić information content (AvgIpc) is 3.36. The summed E-state index contributed by atoms with van der Waals surface area (Å²) in [5, 5.41) is 2.00. The van der Waals surface area contributed by atoms with Gasteiger partial charge < -0.3 is 4.74 Å². The highest BCUT2D eigenvalue weighted by molar-refractivity contribution is 7.83. The number of fused-ring (bicyclic) bond motifs is 1. The van der Waals surface area contributed by atoms with Crippen LogP contribution in [0.15, 0.2) is 71.6 Å². The molecule has 4 rings (SSSR count). The molecule has 1 saturated carbocycles. The van der Waals surface area contributed by atoms with Crippen molar-refractivity contribution in [3.05, 3.63) is 77.9 Å². The van der Waals surface area contributed by atoms with E-state index in [9.17, 15) is 13.8 Å². The van der Waals surface area contributed by atoms with E-state index in [1.54, 1.807) is 30.9 Å². The maximum absolute atomic E-state index is 13.8. The van der Waals surface area contributed by atoms with Gasteiger partial charge in [0.2, 0.25) is 0 Å². The number of nitrogens with zero attached hydrogens (tertiary/aromatic N) is 1. The Morgan fingerprint density at radius 2 is 1.63 bits per heavy atom. The molecule has 0 radical (unpaired) electrons. The van der Waals surface area contributed by atoms with E-state index >= 15 is 0 Å². The Labute approximate surface area is 209 Å². The van der Waals surface area contributed by atoms with Crippen molar-refractivity contribution in [2.24, 2.45) is 0 Å². The Balaban J connectivity index is 1.74. The SMILES string of the molecule is Cc1ccc(S(=O)NC(=O)C(c2ccc3ccccc3c2)N(C(=O)OC(C)C)C2CCCC2)cc1. The van der Waals surface area contributed by atoms with Gasteiger partial charge in [-0.05, 0) is 68.1 Å². The molecular formula is C28H32N2O4S. The standard InChI is InChI=1S/C28H32N2O4S/c1-19(2)34-28(32)30(24-10-6-7-11-24)26(23-15-14-21-8-4-5-9-22(21)18-23)27(31)29-35(33)25-16-12-20(3)13-17-25/h4-5,8-9,12-19,24,26H,6-7,10-11H2,1-3H3,(H,29,31). The van der Waals surface area contributed by atoms with Gasteiger partial charge >= 0.3 is 6.09 Å². The summed E-state index contributed by atoms with van der Waals surface area (Å²) in [6.07, 6.45) is 2.71. The third-order valence-corrected chi connectivity index (χ3v) is 7.40. The van der Waals surface area contributed by atoms with Crippen LogP contribution in [-0.4, -0.2) is 33.3 Å². The zero-order valence-corrected chi connectivity index (χ0v) is 21.2. The lowest BCUT2D eigenvalue weighted by Gasteiger charge is -2.35. The molecule has 2 atom stereocenters. The van der Waals surface area contributed by atoms with Crippen molar-refractivity contribution in [2.45, 2.75) is 69.5 Å². The molecule has 7 heteroatoms. The maximum Gasteiger partial charge on any atom is 0.411 e. The molecule has 2 unspecified atom stereocenters. The minimum absolute atomic E-state index is 0.128. The van der Waals surface area contributed by atoms with E-state index in [0.29, 0.717) is 10.5 Å². The summed E-state index contributed by atoms with van der Waals surface area (Å²) in [6.45, 7) is 5.53. The highest BCUT2D eigenvalue weighted by Gasteiger charge is 2.39.